The fourth-order valence-electron chi connectivity index (χ4n) is 1.66. The van der Waals surface area contributed by atoms with Crippen molar-refractivity contribution < 1.29 is 19.1 Å². The van der Waals surface area contributed by atoms with Crippen molar-refractivity contribution in [3.8, 4) is 0 Å². The van der Waals surface area contributed by atoms with Crippen LogP contribution < -0.4 is 5.43 Å². The average Bonchev–Trinajstić information content (AvgIpc) is 2.46. The largest absolute Gasteiger partial charge is 0.449 e. The minimum atomic E-state index is -0.709. The number of ether oxygens (including phenoxy) is 2. The van der Waals surface area contributed by atoms with Gasteiger partial charge < -0.3 is 9.47 Å². The lowest BCUT2D eigenvalue weighted by molar-refractivity contribution is 0.106. The Morgan fingerprint density at radius 3 is 2.13 bits per heavy atom. The van der Waals surface area contributed by atoms with Crippen molar-refractivity contribution in [3.63, 3.8) is 0 Å². The number of hydrazine groups is 1. The van der Waals surface area contributed by atoms with E-state index in [1.54, 1.807) is 13.8 Å². The number of amides is 2. The predicted octanol–water partition coefficient (Wildman–Crippen LogP) is 4.11. The van der Waals surface area contributed by atoms with E-state index in [1.807, 2.05) is 24.3 Å². The highest BCUT2D eigenvalue weighted by molar-refractivity contribution is 7.97. The predicted molar refractivity (Wildman–Crippen MR) is 90.0 cm³/mol. The minimum absolute atomic E-state index is 0.0488. The molecule has 0 aliphatic carbocycles. The first-order valence-electron chi connectivity index (χ1n) is 7.46. The second-order valence-corrected chi connectivity index (χ2v) is 6.71. The molecule has 1 aromatic rings. The highest BCUT2D eigenvalue weighted by Gasteiger charge is 2.20. The molecule has 0 bridgehead atoms. The molecular weight excluding hydrogens is 316 g/mol. The highest BCUT2D eigenvalue weighted by Crippen LogP contribution is 2.27. The van der Waals surface area contributed by atoms with Gasteiger partial charge in [0.25, 0.3) is 0 Å². The lowest BCUT2D eigenvalue weighted by Gasteiger charge is -2.22. The number of carbonyl (C=O) groups excluding carboxylic acids is 2. The monoisotopic (exact) mass is 340 g/mol. The van der Waals surface area contributed by atoms with Crippen LogP contribution >= 0.6 is 11.9 Å². The molecule has 0 fully saturated rings. The maximum atomic E-state index is 11.9. The molecule has 1 N–H and O–H groups in total. The summed E-state index contributed by atoms with van der Waals surface area (Å²) in [6.45, 7) is 10.2. The Kier molecular flexibility index (Phi) is 7.22. The molecule has 0 spiro atoms. The van der Waals surface area contributed by atoms with E-state index in [4.69, 9.17) is 9.47 Å². The van der Waals surface area contributed by atoms with E-state index < -0.39 is 12.2 Å². The van der Waals surface area contributed by atoms with Crippen molar-refractivity contribution in [2.45, 2.75) is 44.9 Å². The van der Waals surface area contributed by atoms with Crippen LogP contribution in [0.25, 0.3) is 0 Å². The van der Waals surface area contributed by atoms with E-state index >= 15 is 0 Å². The van der Waals surface area contributed by atoms with Gasteiger partial charge >= 0.3 is 12.2 Å². The summed E-state index contributed by atoms with van der Waals surface area (Å²) >= 11 is 1.06. The van der Waals surface area contributed by atoms with Crippen molar-refractivity contribution in [3.05, 3.63) is 29.8 Å². The van der Waals surface area contributed by atoms with Gasteiger partial charge in [0.05, 0.1) is 13.2 Å². The Bertz CT molecular complexity index is 526. The topological polar surface area (TPSA) is 67.9 Å². The molecule has 23 heavy (non-hydrogen) atoms. The number of hydrogen-bond acceptors (Lipinski definition) is 5. The Morgan fingerprint density at radius 2 is 1.65 bits per heavy atom. The molecule has 128 valence electrons. The molecule has 1 rings (SSSR count). The molecule has 0 heterocycles. The van der Waals surface area contributed by atoms with Gasteiger partial charge in [0.2, 0.25) is 0 Å². The van der Waals surface area contributed by atoms with Crippen molar-refractivity contribution in [2.75, 3.05) is 13.2 Å². The first-order valence-corrected chi connectivity index (χ1v) is 8.24. The van der Waals surface area contributed by atoms with Crippen LogP contribution in [0.2, 0.25) is 0 Å². The number of hydrogen-bond donors (Lipinski definition) is 1. The van der Waals surface area contributed by atoms with Crippen molar-refractivity contribution in [1.82, 2.24) is 9.84 Å². The third-order valence-electron chi connectivity index (χ3n) is 2.82. The van der Waals surface area contributed by atoms with E-state index in [-0.39, 0.29) is 18.6 Å². The summed E-state index contributed by atoms with van der Waals surface area (Å²) in [7, 11) is 0. The molecule has 0 saturated carbocycles. The Morgan fingerprint density at radius 1 is 1.09 bits per heavy atom. The summed E-state index contributed by atoms with van der Waals surface area (Å²) in [4.78, 5) is 24.3. The van der Waals surface area contributed by atoms with Crippen LogP contribution in [0.4, 0.5) is 9.59 Å². The fraction of sp³-hybridized carbons (Fsp3) is 0.500. The molecule has 6 nitrogen and oxygen atoms in total. The zero-order valence-corrected chi connectivity index (χ0v) is 15.0. The van der Waals surface area contributed by atoms with E-state index in [0.29, 0.717) is 0 Å². The van der Waals surface area contributed by atoms with Crippen LogP contribution in [0.15, 0.2) is 29.2 Å². The van der Waals surface area contributed by atoms with Gasteiger partial charge in [-0.2, -0.15) is 0 Å². The molecule has 0 aliphatic rings. The Hall–Kier alpha value is -1.89. The first-order chi connectivity index (χ1) is 10.8. The van der Waals surface area contributed by atoms with E-state index in [1.165, 1.54) is 5.56 Å². The summed E-state index contributed by atoms with van der Waals surface area (Å²) in [6.07, 6.45) is -1.37. The number of benzene rings is 1. The van der Waals surface area contributed by atoms with E-state index in [0.717, 1.165) is 21.3 Å². The normalized spacial score (nSPS) is 10.8. The van der Waals surface area contributed by atoms with Crippen molar-refractivity contribution in [2.24, 2.45) is 0 Å². The minimum Gasteiger partial charge on any atom is -0.449 e. The van der Waals surface area contributed by atoms with Gasteiger partial charge in [-0.3, -0.25) is 0 Å². The number of carbonyl (C=O) groups is 2. The van der Waals surface area contributed by atoms with Gasteiger partial charge in [0, 0.05) is 16.8 Å². The molecule has 0 radical (unpaired) electrons. The van der Waals surface area contributed by atoms with E-state index in [2.05, 4.69) is 26.2 Å². The SMILES string of the molecule is CCOC(=O)NN(Sc1ccc(C(C)(C)C)cc1)C(=O)OCC. The maximum absolute atomic E-state index is 11.9. The zero-order valence-electron chi connectivity index (χ0n) is 14.2. The van der Waals surface area contributed by atoms with Crippen molar-refractivity contribution in [1.29, 1.82) is 0 Å². The van der Waals surface area contributed by atoms with Crippen LogP contribution in [0.3, 0.4) is 0 Å². The summed E-state index contributed by atoms with van der Waals surface area (Å²) in [5.41, 5.74) is 3.59. The Labute approximate surface area is 141 Å². The molecule has 0 unspecified atom stereocenters. The number of nitrogens with one attached hydrogen (secondary N) is 1. The molecule has 7 heteroatoms. The van der Waals surface area contributed by atoms with Gasteiger partial charge in [-0.25, -0.2) is 15.0 Å². The average molecular weight is 340 g/mol. The van der Waals surface area contributed by atoms with Gasteiger partial charge in [-0.15, -0.1) is 4.41 Å². The quantitative estimate of drug-likeness (QED) is 0.660. The zero-order chi connectivity index (χ0) is 17.5. The third kappa shape index (κ3) is 6.40. The summed E-state index contributed by atoms with van der Waals surface area (Å²) in [5, 5.41) is 0. The molecule has 0 saturated heterocycles. The van der Waals surface area contributed by atoms with Crippen molar-refractivity contribution >= 4 is 24.1 Å². The lowest BCUT2D eigenvalue weighted by atomic mass is 9.87. The van der Waals surface area contributed by atoms with Gasteiger partial charge in [0.1, 0.15) is 0 Å². The molecular formula is C16H24N2O4S. The number of nitrogens with zero attached hydrogens (tertiary/aromatic N) is 1. The first kappa shape index (κ1) is 19.2. The van der Waals surface area contributed by atoms with Gasteiger partial charge in [0.15, 0.2) is 0 Å². The second kappa shape index (κ2) is 8.67. The summed E-state index contributed by atoms with van der Waals surface area (Å²) in [5.74, 6) is 0. The molecule has 2 amide bonds. The fourth-order valence-corrected chi connectivity index (χ4v) is 2.37. The molecule has 0 aromatic heterocycles. The number of rotatable bonds is 4. The van der Waals surface area contributed by atoms with Crippen LogP contribution in [-0.4, -0.2) is 29.8 Å². The third-order valence-corrected chi connectivity index (χ3v) is 3.72. The Balaban J connectivity index is 2.83. The molecule has 0 atom stereocenters. The summed E-state index contributed by atoms with van der Waals surface area (Å²) < 4.78 is 10.7. The smallest absolute Gasteiger partial charge is 0.439 e. The van der Waals surface area contributed by atoms with Crippen LogP contribution in [0.5, 0.6) is 0 Å². The van der Waals surface area contributed by atoms with Crippen LogP contribution in [-0.2, 0) is 14.9 Å². The lowest BCUT2D eigenvalue weighted by Crippen LogP contribution is -2.42. The van der Waals surface area contributed by atoms with E-state index in [9.17, 15) is 9.59 Å². The highest BCUT2D eigenvalue weighted by atomic mass is 32.2. The van der Waals surface area contributed by atoms with Gasteiger partial charge in [-0.05, 0) is 37.0 Å². The maximum Gasteiger partial charge on any atom is 0.439 e. The van der Waals surface area contributed by atoms with Gasteiger partial charge in [-0.1, -0.05) is 32.9 Å². The van der Waals surface area contributed by atoms with Crippen LogP contribution in [0, 0.1) is 0 Å². The molecule has 1 aromatic carbocycles. The molecule has 0 aliphatic heterocycles. The second-order valence-electron chi connectivity index (χ2n) is 5.69. The summed E-state index contributed by atoms with van der Waals surface area (Å²) in [6, 6.07) is 7.78. The standard InChI is InChI=1S/C16H24N2O4S/c1-6-21-14(19)17-18(15(20)22-7-2)23-13-10-8-12(9-11-13)16(3,4)5/h8-11H,6-7H2,1-5H3,(H,17,19). The van der Waals surface area contributed by atoms with Crippen LogP contribution in [0.1, 0.15) is 40.2 Å².